The van der Waals surface area contributed by atoms with Gasteiger partial charge in [0, 0.05) is 34.6 Å². The predicted molar refractivity (Wildman–Crippen MR) is 199 cm³/mol. The van der Waals surface area contributed by atoms with E-state index in [4.69, 9.17) is 5.10 Å². The number of aromatic nitrogens is 3. The van der Waals surface area contributed by atoms with Crippen molar-refractivity contribution in [3.8, 4) is 16.3 Å². The first kappa shape index (κ1) is 33.6. The number of benzene rings is 2. The minimum absolute atomic E-state index is 0.0256. The maximum Gasteiger partial charge on any atom is 0.324 e. The number of aryl methyl sites for hydroxylation is 2. The average molecular weight is 715 g/mol. The van der Waals surface area contributed by atoms with Crippen LogP contribution in [0.4, 0.5) is 16.3 Å². The van der Waals surface area contributed by atoms with Gasteiger partial charge in [-0.2, -0.15) is 9.40 Å². The smallest absolute Gasteiger partial charge is 0.308 e. The van der Waals surface area contributed by atoms with Gasteiger partial charge in [0.25, 0.3) is 10.0 Å². The molecule has 2 amide bonds. The number of urea groups is 1. The van der Waals surface area contributed by atoms with E-state index in [0.717, 1.165) is 64.6 Å². The number of rotatable bonds is 8. The molecule has 2 aliphatic heterocycles. The van der Waals surface area contributed by atoms with Crippen molar-refractivity contribution in [3.63, 3.8) is 0 Å². The van der Waals surface area contributed by atoms with Crippen molar-refractivity contribution >= 4 is 50.2 Å². The molecule has 0 radical (unpaired) electrons. The van der Waals surface area contributed by atoms with E-state index in [1.165, 1.54) is 16.9 Å². The van der Waals surface area contributed by atoms with Crippen LogP contribution in [0.5, 0.6) is 0 Å². The van der Waals surface area contributed by atoms with Gasteiger partial charge in [-0.05, 0) is 93.8 Å². The zero-order valence-corrected chi connectivity index (χ0v) is 30.9. The molecule has 2 atom stereocenters. The zero-order chi connectivity index (χ0) is 34.5. The van der Waals surface area contributed by atoms with Gasteiger partial charge in [0.15, 0.2) is 0 Å². The van der Waals surface area contributed by atoms with Crippen molar-refractivity contribution in [3.05, 3.63) is 93.9 Å². The Morgan fingerprint density at radius 3 is 2.27 bits per heavy atom. The number of nitrogens with one attached hydrogen (secondary N) is 2. The number of amides is 2. The van der Waals surface area contributed by atoms with Gasteiger partial charge in [-0.15, -0.1) is 22.7 Å². The molecule has 9 nitrogen and oxygen atoms in total. The molecular formula is C37H42N6O3S3. The second kappa shape index (κ2) is 13.1. The maximum absolute atomic E-state index is 13.8. The molecule has 2 bridgehead atoms. The summed E-state index contributed by atoms with van der Waals surface area (Å²) in [7, 11) is -3.57. The Labute approximate surface area is 296 Å². The van der Waals surface area contributed by atoms with E-state index >= 15 is 0 Å². The largest absolute Gasteiger partial charge is 0.324 e. The number of anilines is 2. The first-order chi connectivity index (χ1) is 23.3. The summed E-state index contributed by atoms with van der Waals surface area (Å²) in [6, 6.07) is 21.3. The van der Waals surface area contributed by atoms with Crippen molar-refractivity contribution in [2.45, 2.75) is 88.4 Å². The lowest BCUT2D eigenvalue weighted by Gasteiger charge is -2.37. The highest BCUT2D eigenvalue weighted by molar-refractivity contribution is 7.91. The van der Waals surface area contributed by atoms with Crippen LogP contribution in [-0.2, 0) is 21.9 Å². The van der Waals surface area contributed by atoms with Crippen LogP contribution in [-0.4, -0.2) is 45.6 Å². The van der Waals surface area contributed by atoms with Crippen molar-refractivity contribution in [1.29, 1.82) is 0 Å². The Hall–Kier alpha value is -3.84. The average Bonchev–Trinajstić information content (AvgIpc) is 3.85. The number of thiazole rings is 1. The van der Waals surface area contributed by atoms with Crippen molar-refractivity contribution in [1.82, 2.24) is 19.1 Å². The molecule has 2 saturated heterocycles. The fraction of sp³-hybridized carbons (Fsp3) is 0.378. The molecule has 12 heteroatoms. The minimum Gasteiger partial charge on any atom is -0.308 e. The number of thiophene rings is 1. The SMILES string of the molecule is Cc1ccc(-n2nc(C(C)(C)C)cc2NC(=O)Nc2ccc(CC3CC4CCC(C3)N4S(=O)(=O)c3ccc(-c4csc(C)n4)s3)cc2)cc1. The van der Waals surface area contributed by atoms with E-state index in [0.29, 0.717) is 21.6 Å². The van der Waals surface area contributed by atoms with Crippen LogP contribution in [0.3, 0.4) is 0 Å². The van der Waals surface area contributed by atoms with Crippen molar-refractivity contribution in [2.24, 2.45) is 5.92 Å². The van der Waals surface area contributed by atoms with Gasteiger partial charge in [0.1, 0.15) is 10.0 Å². The first-order valence-corrected chi connectivity index (χ1v) is 19.9. The molecule has 3 aromatic heterocycles. The lowest BCUT2D eigenvalue weighted by molar-refractivity contribution is 0.190. The van der Waals surface area contributed by atoms with Crippen LogP contribution in [0.1, 0.15) is 68.3 Å². The van der Waals surface area contributed by atoms with Crippen LogP contribution >= 0.6 is 22.7 Å². The van der Waals surface area contributed by atoms with Crippen LogP contribution in [0.15, 0.2) is 76.3 Å². The number of fused-ring (bicyclic) bond motifs is 2. The summed E-state index contributed by atoms with van der Waals surface area (Å²) < 4.78 is 31.6. The Morgan fingerprint density at radius 1 is 0.939 bits per heavy atom. The summed E-state index contributed by atoms with van der Waals surface area (Å²) in [5.74, 6) is 1.00. The summed E-state index contributed by atoms with van der Waals surface area (Å²) in [6.07, 6.45) is 4.40. The Morgan fingerprint density at radius 2 is 1.63 bits per heavy atom. The number of piperidine rings is 1. The van der Waals surface area contributed by atoms with E-state index in [9.17, 15) is 13.2 Å². The molecule has 256 valence electrons. The third-order valence-electron chi connectivity index (χ3n) is 9.48. The molecule has 0 saturated carbocycles. The summed E-state index contributed by atoms with van der Waals surface area (Å²) in [5, 5.41) is 13.7. The summed E-state index contributed by atoms with van der Waals surface area (Å²) in [6.45, 7) is 10.3. The number of sulfonamides is 1. The number of nitrogens with zero attached hydrogens (tertiary/aromatic N) is 4. The van der Waals surface area contributed by atoms with Crippen LogP contribution in [0, 0.1) is 19.8 Å². The normalized spacial score (nSPS) is 19.7. The van der Waals surface area contributed by atoms with Gasteiger partial charge < -0.3 is 5.32 Å². The summed E-state index contributed by atoms with van der Waals surface area (Å²) in [5.41, 5.74) is 5.45. The molecule has 2 aromatic carbocycles. The Balaban J connectivity index is 0.974. The molecular weight excluding hydrogens is 673 g/mol. The van der Waals surface area contributed by atoms with Crippen LogP contribution in [0.25, 0.3) is 16.3 Å². The monoisotopic (exact) mass is 714 g/mol. The number of carbonyl (C=O) groups excluding carboxylic acids is 1. The molecule has 2 fully saturated rings. The highest BCUT2D eigenvalue weighted by atomic mass is 32.2. The Kier molecular flexibility index (Phi) is 9.01. The number of hydrogen-bond acceptors (Lipinski definition) is 7. The quantitative estimate of drug-likeness (QED) is 0.167. The lowest BCUT2D eigenvalue weighted by Crippen LogP contribution is -2.46. The minimum atomic E-state index is -3.57. The van der Waals surface area contributed by atoms with Crippen molar-refractivity contribution < 1.29 is 13.2 Å². The van der Waals surface area contributed by atoms with Crippen LogP contribution in [0.2, 0.25) is 0 Å². The lowest BCUT2D eigenvalue weighted by atomic mass is 9.87. The molecule has 2 N–H and O–H groups in total. The molecule has 5 heterocycles. The van der Waals surface area contributed by atoms with Gasteiger partial charge in [-0.25, -0.2) is 22.9 Å². The summed E-state index contributed by atoms with van der Waals surface area (Å²) in [4.78, 5) is 18.6. The Bertz CT molecular complexity index is 2060. The molecule has 0 aliphatic carbocycles. The third-order valence-corrected chi connectivity index (χ3v) is 13.8. The molecule has 2 unspecified atom stereocenters. The van der Waals surface area contributed by atoms with E-state index < -0.39 is 10.0 Å². The second-order valence-corrected chi connectivity index (χ2v) is 18.5. The van der Waals surface area contributed by atoms with Gasteiger partial charge >= 0.3 is 6.03 Å². The third kappa shape index (κ3) is 7.10. The maximum atomic E-state index is 13.8. The van der Waals surface area contributed by atoms with E-state index in [1.807, 2.05) is 72.1 Å². The van der Waals surface area contributed by atoms with E-state index in [2.05, 4.69) is 48.5 Å². The molecule has 7 rings (SSSR count). The molecule has 49 heavy (non-hydrogen) atoms. The number of carbonyl (C=O) groups is 1. The zero-order valence-electron chi connectivity index (χ0n) is 28.4. The molecule has 2 aliphatic rings. The highest BCUT2D eigenvalue weighted by Gasteiger charge is 2.47. The van der Waals surface area contributed by atoms with Gasteiger partial charge in [-0.1, -0.05) is 50.6 Å². The van der Waals surface area contributed by atoms with Gasteiger partial charge in [-0.3, -0.25) is 5.32 Å². The first-order valence-electron chi connectivity index (χ1n) is 16.7. The summed E-state index contributed by atoms with van der Waals surface area (Å²) >= 11 is 2.89. The fourth-order valence-corrected chi connectivity index (χ4v) is 11.0. The highest BCUT2D eigenvalue weighted by Crippen LogP contribution is 2.44. The van der Waals surface area contributed by atoms with E-state index in [1.54, 1.807) is 22.1 Å². The standard InChI is InChI=1S/C37H42N6O3S3/c1-23-6-12-28(13-7-23)42-34(21-33(41-42)37(3,4)5)40-36(44)39-27-10-8-25(9-11-27)18-26-19-29-14-15-30(20-26)43(29)49(45,46)35-17-16-32(48-35)31-22-47-24(2)38-31/h6-13,16-17,21-22,26,29-30H,14-15,18-20H2,1-5H3,(H2,39,40,44). The van der Waals surface area contributed by atoms with Gasteiger partial charge in [0.2, 0.25) is 0 Å². The van der Waals surface area contributed by atoms with Crippen LogP contribution < -0.4 is 10.6 Å². The topological polar surface area (TPSA) is 109 Å². The number of hydrogen-bond donors (Lipinski definition) is 2. The predicted octanol–water partition coefficient (Wildman–Crippen LogP) is 8.79. The molecule has 5 aromatic rings. The van der Waals surface area contributed by atoms with Gasteiger partial charge in [0.05, 0.1) is 27.0 Å². The second-order valence-electron chi connectivity index (χ2n) is 14.3. The van der Waals surface area contributed by atoms with Crippen molar-refractivity contribution in [2.75, 3.05) is 10.6 Å². The van der Waals surface area contributed by atoms with E-state index in [-0.39, 0.29) is 23.5 Å². The molecule has 0 spiro atoms. The fourth-order valence-electron chi connectivity index (χ4n) is 7.04.